The van der Waals surface area contributed by atoms with Crippen molar-refractivity contribution in [3.8, 4) is 22.3 Å². The number of carboxylic acids is 1. The number of halogens is 2. The number of amides is 1. The number of hydrogen-bond donors (Lipinski definition) is 3. The molecule has 87 heavy (non-hydrogen) atoms. The highest BCUT2D eigenvalue weighted by atomic mass is 79.9. The fourth-order valence-corrected chi connectivity index (χ4v) is 11.2. The number of carboxylic acid groups (broad SMARTS) is 1. The number of fused-ring (bicyclic) bond motifs is 2. The second-order valence-corrected chi connectivity index (χ2v) is 25.8. The van der Waals surface area contributed by atoms with Crippen molar-refractivity contribution in [2.45, 2.75) is 119 Å². The number of rotatable bonds is 13. The lowest BCUT2D eigenvalue weighted by Gasteiger charge is -2.20. The molecule has 0 spiro atoms. The van der Waals surface area contributed by atoms with Gasteiger partial charge in [0.05, 0.1) is 22.7 Å². The lowest BCUT2D eigenvalue weighted by molar-refractivity contribution is 0.00578. The number of aromatic carboxylic acids is 1. The van der Waals surface area contributed by atoms with Crippen LogP contribution in [0.1, 0.15) is 154 Å². The van der Waals surface area contributed by atoms with E-state index in [9.17, 15) is 24.3 Å². The second-order valence-electron chi connectivity index (χ2n) is 23.9. The van der Waals surface area contributed by atoms with Crippen molar-refractivity contribution >= 4 is 77.5 Å². The number of nitrogens with one attached hydrogen (secondary N) is 1. The molecule has 0 radical (unpaired) electrons. The SMILES string of the molecule is C[C@H](N)c1cccc(Br)c1.Cc1c(C)n(Cc2ccc(-c3ccccc3C(=O)OC(C)(C)C)cc2)c2ccc(C(=O)N[C@@H](C)c3cccc(Br)c3)cc12.Cc1c(C)n(Cc2ccc(-c3ccccc3C(=O)OC(C)(C)C)cc2)c2ccc(C(=O)O)cc12. The molecule has 4 N–H and O–H groups in total. The van der Waals surface area contributed by atoms with Crippen molar-refractivity contribution in [2.75, 3.05) is 0 Å². The molecule has 0 saturated heterocycles. The Morgan fingerprint density at radius 2 is 0.920 bits per heavy atom. The van der Waals surface area contributed by atoms with Crippen LogP contribution in [0.2, 0.25) is 0 Å². The van der Waals surface area contributed by atoms with Crippen molar-refractivity contribution in [1.29, 1.82) is 0 Å². The summed E-state index contributed by atoms with van der Waals surface area (Å²) in [5, 5.41) is 14.5. The third-order valence-electron chi connectivity index (χ3n) is 15.2. The minimum Gasteiger partial charge on any atom is -0.478 e. The Balaban J connectivity index is 0.000000198. The topological polar surface area (TPSA) is 155 Å². The summed E-state index contributed by atoms with van der Waals surface area (Å²) in [6, 6.07) is 58.8. The third kappa shape index (κ3) is 16.2. The molecule has 0 fully saturated rings. The van der Waals surface area contributed by atoms with E-state index in [0.29, 0.717) is 35.3 Å². The minimum atomic E-state index is -0.922. The fourth-order valence-electron chi connectivity index (χ4n) is 10.3. The van der Waals surface area contributed by atoms with E-state index in [1.165, 1.54) is 0 Å². The zero-order valence-corrected chi connectivity index (χ0v) is 54.7. The minimum absolute atomic E-state index is 0.0959. The first-order valence-corrected chi connectivity index (χ1v) is 30.6. The molecule has 448 valence electrons. The van der Waals surface area contributed by atoms with E-state index < -0.39 is 17.2 Å². The molecule has 0 aliphatic carbocycles. The normalized spacial score (nSPS) is 12.1. The Hall–Kier alpha value is -8.36. The van der Waals surface area contributed by atoms with E-state index in [0.717, 1.165) is 97.8 Å². The van der Waals surface area contributed by atoms with E-state index in [2.05, 4.69) is 103 Å². The maximum absolute atomic E-state index is 13.2. The third-order valence-corrected chi connectivity index (χ3v) is 16.1. The summed E-state index contributed by atoms with van der Waals surface area (Å²) in [5.74, 6) is -1.68. The van der Waals surface area contributed by atoms with Crippen molar-refractivity contribution in [2.24, 2.45) is 5.73 Å². The molecule has 10 rings (SSSR count). The van der Waals surface area contributed by atoms with Gasteiger partial charge in [0.25, 0.3) is 5.91 Å². The lowest BCUT2D eigenvalue weighted by Crippen LogP contribution is -2.26. The molecular weight excluding hydrogens is 1220 g/mol. The van der Waals surface area contributed by atoms with E-state index in [-0.39, 0.29) is 29.9 Å². The van der Waals surface area contributed by atoms with Gasteiger partial charge in [-0.1, -0.05) is 141 Å². The summed E-state index contributed by atoms with van der Waals surface area (Å²) in [7, 11) is 0. The van der Waals surface area contributed by atoms with Crippen LogP contribution < -0.4 is 11.1 Å². The highest BCUT2D eigenvalue weighted by Crippen LogP contribution is 2.33. The van der Waals surface area contributed by atoms with Gasteiger partial charge in [0.15, 0.2) is 0 Å². The Bertz CT molecular complexity index is 4150. The van der Waals surface area contributed by atoms with Crippen molar-refractivity contribution in [3.63, 3.8) is 0 Å². The summed E-state index contributed by atoms with van der Waals surface area (Å²) >= 11 is 6.88. The van der Waals surface area contributed by atoms with Gasteiger partial charge in [0.1, 0.15) is 11.2 Å². The predicted octanol–water partition coefficient (Wildman–Crippen LogP) is 18.3. The standard InChI is InChI=1S/C37H37BrN2O3.C29H29NO4.C8H10BrN/c1-23-25(3)40(34-19-18-29(21-33(23)34)35(41)39-24(2)28-10-9-11-30(38)20-28)22-26-14-16-27(17-15-26)31-12-7-8-13-32(31)36(42)43-37(4,5)6;1-18-19(2)30(26-15-14-22(27(31)32)16-25(18)26)17-20-10-12-21(13-11-20)23-8-6-7-9-24(23)28(33)34-29(3,4)5;1-6(10)7-3-2-4-8(9)5-7/h7-21,24H,22H2,1-6H3,(H,39,41);6-16H,17H2,1-5H3,(H,31,32);2-6H,10H2,1H3/t24-;;6-/m0.0/s1. The zero-order valence-electron chi connectivity index (χ0n) is 51.5. The summed E-state index contributed by atoms with van der Waals surface area (Å²) in [4.78, 5) is 50.2. The molecule has 2 atom stereocenters. The van der Waals surface area contributed by atoms with Gasteiger partial charge in [-0.2, -0.15) is 0 Å². The van der Waals surface area contributed by atoms with Gasteiger partial charge in [0.2, 0.25) is 0 Å². The maximum Gasteiger partial charge on any atom is 0.339 e. The Labute approximate surface area is 527 Å². The number of hydrogen-bond acceptors (Lipinski definition) is 7. The molecule has 0 unspecified atom stereocenters. The molecule has 0 aliphatic rings. The van der Waals surface area contributed by atoms with Crippen LogP contribution in [0, 0.1) is 27.7 Å². The summed E-state index contributed by atoms with van der Waals surface area (Å²) in [5.41, 5.74) is 21.2. The first-order chi connectivity index (χ1) is 41.2. The molecule has 0 saturated carbocycles. The van der Waals surface area contributed by atoms with E-state index >= 15 is 0 Å². The van der Waals surface area contributed by atoms with Crippen molar-refractivity contribution in [1.82, 2.24) is 14.5 Å². The number of ether oxygens (including phenoxy) is 2. The molecule has 13 heteroatoms. The quantitative estimate of drug-likeness (QED) is 0.0964. The molecule has 0 aliphatic heterocycles. The largest absolute Gasteiger partial charge is 0.478 e. The maximum atomic E-state index is 13.2. The molecule has 2 aromatic heterocycles. The van der Waals surface area contributed by atoms with Crippen LogP contribution in [0.25, 0.3) is 44.1 Å². The van der Waals surface area contributed by atoms with Gasteiger partial charge in [-0.05, 0) is 212 Å². The molecule has 10 aromatic rings. The van der Waals surface area contributed by atoms with Crippen LogP contribution in [0.15, 0.2) is 191 Å². The fraction of sp³-hybridized carbons (Fsp3) is 0.243. The highest BCUT2D eigenvalue weighted by Gasteiger charge is 2.24. The smallest absolute Gasteiger partial charge is 0.339 e. The van der Waals surface area contributed by atoms with Crippen LogP contribution >= 0.6 is 31.9 Å². The van der Waals surface area contributed by atoms with Crippen LogP contribution in [-0.2, 0) is 22.6 Å². The molecule has 1 amide bonds. The number of carbonyl (C=O) groups is 4. The van der Waals surface area contributed by atoms with Gasteiger partial charge >= 0.3 is 17.9 Å². The Kier molecular flexibility index (Phi) is 20.5. The Morgan fingerprint density at radius 3 is 1.32 bits per heavy atom. The highest BCUT2D eigenvalue weighted by molar-refractivity contribution is 9.10. The van der Waals surface area contributed by atoms with Gasteiger partial charge < -0.3 is 34.8 Å². The predicted molar refractivity (Wildman–Crippen MR) is 359 cm³/mol. The molecule has 2 heterocycles. The number of aryl methyl sites for hydroxylation is 2. The number of esters is 2. The summed E-state index contributed by atoms with van der Waals surface area (Å²) in [6.45, 7) is 24.8. The van der Waals surface area contributed by atoms with Crippen LogP contribution in [0.4, 0.5) is 0 Å². The zero-order chi connectivity index (χ0) is 63.1. The lowest BCUT2D eigenvalue weighted by atomic mass is 9.98. The van der Waals surface area contributed by atoms with Crippen molar-refractivity contribution in [3.05, 3.63) is 258 Å². The molecular formula is C74H76Br2N4O7. The Morgan fingerprint density at radius 1 is 0.517 bits per heavy atom. The van der Waals surface area contributed by atoms with Crippen LogP contribution in [-0.4, -0.2) is 49.3 Å². The number of carbonyl (C=O) groups excluding carboxylic acids is 3. The van der Waals surface area contributed by atoms with Gasteiger partial charge in [-0.3, -0.25) is 4.79 Å². The van der Waals surface area contributed by atoms with Gasteiger partial charge in [-0.15, -0.1) is 0 Å². The summed E-state index contributed by atoms with van der Waals surface area (Å²) in [6.07, 6.45) is 0. The average Bonchev–Trinajstić information content (AvgIpc) is 1.83. The number of aromatic nitrogens is 2. The van der Waals surface area contributed by atoms with Gasteiger partial charge in [0, 0.05) is 66.8 Å². The monoisotopic (exact) mass is 1290 g/mol. The van der Waals surface area contributed by atoms with E-state index in [4.69, 9.17) is 15.2 Å². The molecule has 8 aromatic carbocycles. The first-order valence-electron chi connectivity index (χ1n) is 29.0. The summed E-state index contributed by atoms with van der Waals surface area (Å²) < 4.78 is 17.8. The molecule has 0 bridgehead atoms. The van der Waals surface area contributed by atoms with Gasteiger partial charge in [-0.25, -0.2) is 14.4 Å². The number of benzene rings is 8. The number of nitrogens with zero attached hydrogens (tertiary/aromatic N) is 2. The van der Waals surface area contributed by atoms with Crippen LogP contribution in [0.5, 0.6) is 0 Å². The second kappa shape index (κ2) is 27.6. The van der Waals surface area contributed by atoms with E-state index in [1.807, 2.05) is 190 Å². The average molecular weight is 1290 g/mol. The number of nitrogens with two attached hydrogens (primary N) is 1. The first kappa shape index (κ1) is 64.6. The van der Waals surface area contributed by atoms with Crippen LogP contribution in [0.3, 0.4) is 0 Å². The van der Waals surface area contributed by atoms with Crippen molar-refractivity contribution < 1.29 is 33.8 Å². The molecule has 11 nitrogen and oxygen atoms in total. The van der Waals surface area contributed by atoms with E-state index in [1.54, 1.807) is 18.2 Å².